The minimum absolute atomic E-state index is 0.157. The second kappa shape index (κ2) is 5.62. The molecule has 4 nitrogen and oxygen atoms in total. The first-order chi connectivity index (χ1) is 8.88. The standard InChI is InChI=1S/C12H13BrN2O2S2/c1-8-10(3-2-4-11(8)19(14,16)17)15-7-9-5-6-12(13)18-9/h2-6,15H,7H2,1H3,(H2,14,16,17). The molecule has 1 aromatic heterocycles. The zero-order chi connectivity index (χ0) is 14.0. The van der Waals surface area contributed by atoms with E-state index in [2.05, 4.69) is 21.2 Å². The molecule has 0 saturated carbocycles. The van der Waals surface area contributed by atoms with Crippen LogP contribution < -0.4 is 10.5 Å². The van der Waals surface area contributed by atoms with Crippen molar-refractivity contribution in [2.75, 3.05) is 5.32 Å². The van der Waals surface area contributed by atoms with Crippen molar-refractivity contribution in [3.63, 3.8) is 0 Å². The third kappa shape index (κ3) is 3.56. The Labute approximate surface area is 124 Å². The molecule has 19 heavy (non-hydrogen) atoms. The van der Waals surface area contributed by atoms with Crippen molar-refractivity contribution in [3.8, 4) is 0 Å². The van der Waals surface area contributed by atoms with Gasteiger partial charge in [-0.15, -0.1) is 11.3 Å². The van der Waals surface area contributed by atoms with Gasteiger partial charge in [-0.25, -0.2) is 13.6 Å². The van der Waals surface area contributed by atoms with Crippen LogP contribution in [0.1, 0.15) is 10.4 Å². The summed E-state index contributed by atoms with van der Waals surface area (Å²) in [4.78, 5) is 1.32. The maximum absolute atomic E-state index is 11.4. The summed E-state index contributed by atoms with van der Waals surface area (Å²) >= 11 is 5.04. The van der Waals surface area contributed by atoms with Crippen molar-refractivity contribution in [1.29, 1.82) is 0 Å². The highest BCUT2D eigenvalue weighted by atomic mass is 79.9. The fraction of sp³-hybridized carbons (Fsp3) is 0.167. The Balaban J connectivity index is 2.22. The molecule has 0 saturated heterocycles. The number of hydrogen-bond donors (Lipinski definition) is 2. The number of nitrogens with two attached hydrogens (primary N) is 1. The summed E-state index contributed by atoms with van der Waals surface area (Å²) in [5.74, 6) is 0. The number of sulfonamides is 1. The van der Waals surface area contributed by atoms with Gasteiger partial charge in [-0.3, -0.25) is 0 Å². The number of anilines is 1. The number of halogens is 1. The molecule has 0 aliphatic rings. The van der Waals surface area contributed by atoms with E-state index in [-0.39, 0.29) is 4.90 Å². The van der Waals surface area contributed by atoms with Gasteiger partial charge in [0.25, 0.3) is 0 Å². The number of benzene rings is 1. The molecule has 0 spiro atoms. The second-order valence-corrected chi connectivity index (χ2v) is 8.11. The van der Waals surface area contributed by atoms with E-state index in [0.29, 0.717) is 12.1 Å². The van der Waals surface area contributed by atoms with Crippen LogP contribution in [0.4, 0.5) is 5.69 Å². The van der Waals surface area contributed by atoms with Crippen LogP contribution >= 0.6 is 27.3 Å². The highest BCUT2D eigenvalue weighted by Crippen LogP contribution is 2.25. The van der Waals surface area contributed by atoms with Gasteiger partial charge in [0.15, 0.2) is 0 Å². The quantitative estimate of drug-likeness (QED) is 0.879. The molecule has 2 aromatic rings. The number of nitrogens with one attached hydrogen (secondary N) is 1. The summed E-state index contributed by atoms with van der Waals surface area (Å²) < 4.78 is 23.9. The van der Waals surface area contributed by atoms with Crippen molar-refractivity contribution in [2.45, 2.75) is 18.4 Å². The second-order valence-electron chi connectivity index (χ2n) is 4.03. The highest BCUT2D eigenvalue weighted by Gasteiger charge is 2.13. The Morgan fingerprint density at radius 2 is 2.05 bits per heavy atom. The molecule has 0 bridgehead atoms. The molecule has 0 unspecified atom stereocenters. The van der Waals surface area contributed by atoms with Crippen molar-refractivity contribution in [1.82, 2.24) is 0 Å². The third-order valence-electron chi connectivity index (χ3n) is 2.67. The Morgan fingerprint density at radius 1 is 1.32 bits per heavy atom. The van der Waals surface area contributed by atoms with Gasteiger partial charge in [-0.2, -0.15) is 0 Å². The fourth-order valence-electron chi connectivity index (χ4n) is 1.74. The van der Waals surface area contributed by atoms with Crippen molar-refractivity contribution in [2.24, 2.45) is 5.14 Å². The lowest BCUT2D eigenvalue weighted by Gasteiger charge is -2.11. The maximum Gasteiger partial charge on any atom is 0.238 e. The third-order valence-corrected chi connectivity index (χ3v) is 5.35. The summed E-state index contributed by atoms with van der Waals surface area (Å²) in [5, 5.41) is 8.40. The average molecular weight is 361 g/mol. The van der Waals surface area contributed by atoms with Crippen LogP contribution in [0.25, 0.3) is 0 Å². The van der Waals surface area contributed by atoms with Gasteiger partial charge in [0.1, 0.15) is 0 Å². The zero-order valence-electron chi connectivity index (χ0n) is 10.2. The van der Waals surface area contributed by atoms with Crippen molar-refractivity contribution in [3.05, 3.63) is 44.6 Å². The molecule has 102 valence electrons. The van der Waals surface area contributed by atoms with Crippen molar-refractivity contribution >= 4 is 43.0 Å². The molecule has 0 aliphatic heterocycles. The van der Waals surface area contributed by atoms with Gasteiger partial charge in [-0.1, -0.05) is 6.07 Å². The van der Waals surface area contributed by atoms with Gasteiger partial charge in [-0.05, 0) is 52.7 Å². The molecule has 0 amide bonds. The van der Waals surface area contributed by atoms with Crippen LogP contribution in [0, 0.1) is 6.92 Å². The normalized spacial score (nSPS) is 11.5. The number of rotatable bonds is 4. The van der Waals surface area contributed by atoms with Crippen LogP contribution in [-0.2, 0) is 16.6 Å². The van der Waals surface area contributed by atoms with Gasteiger partial charge in [0.2, 0.25) is 10.0 Å². The van der Waals surface area contributed by atoms with E-state index in [1.165, 1.54) is 6.07 Å². The first-order valence-corrected chi connectivity index (χ1v) is 8.64. The van der Waals surface area contributed by atoms with Gasteiger partial charge in [0.05, 0.1) is 8.68 Å². The molecular weight excluding hydrogens is 348 g/mol. The first kappa shape index (κ1) is 14.5. The number of primary sulfonamides is 1. The highest BCUT2D eigenvalue weighted by molar-refractivity contribution is 9.11. The number of thiophene rings is 1. The van der Waals surface area contributed by atoms with E-state index < -0.39 is 10.0 Å². The lowest BCUT2D eigenvalue weighted by Crippen LogP contribution is -2.14. The average Bonchev–Trinajstić information content (AvgIpc) is 2.72. The Kier molecular flexibility index (Phi) is 4.29. The van der Waals surface area contributed by atoms with Crippen molar-refractivity contribution < 1.29 is 8.42 Å². The Morgan fingerprint density at radius 3 is 2.63 bits per heavy atom. The van der Waals surface area contributed by atoms with Gasteiger partial charge in [0, 0.05) is 17.1 Å². The van der Waals surface area contributed by atoms with E-state index in [0.717, 1.165) is 14.4 Å². The molecule has 2 rings (SSSR count). The summed E-state index contributed by atoms with van der Waals surface area (Å²) in [7, 11) is -3.68. The van der Waals surface area contributed by atoms with E-state index >= 15 is 0 Å². The molecule has 0 atom stereocenters. The minimum atomic E-state index is -3.68. The summed E-state index contributed by atoms with van der Waals surface area (Å²) in [6.07, 6.45) is 0. The van der Waals surface area contributed by atoms with Gasteiger partial charge < -0.3 is 5.32 Å². The topological polar surface area (TPSA) is 72.2 Å². The minimum Gasteiger partial charge on any atom is -0.380 e. The SMILES string of the molecule is Cc1c(NCc2ccc(Br)s2)cccc1S(N)(=O)=O. The molecule has 1 heterocycles. The summed E-state index contributed by atoms with van der Waals surface area (Å²) in [6, 6.07) is 9.03. The zero-order valence-corrected chi connectivity index (χ0v) is 13.4. The predicted octanol–water partition coefficient (Wildman–Crippen LogP) is 3.08. The van der Waals surface area contributed by atoms with E-state index in [9.17, 15) is 8.42 Å². The lowest BCUT2D eigenvalue weighted by atomic mass is 10.2. The number of hydrogen-bond acceptors (Lipinski definition) is 4. The fourth-order valence-corrected chi connectivity index (χ4v) is 3.97. The molecule has 0 aliphatic carbocycles. The van der Waals surface area contributed by atoms with Crippen LogP contribution in [0.3, 0.4) is 0 Å². The van der Waals surface area contributed by atoms with Crippen LogP contribution in [0.15, 0.2) is 39.0 Å². The Hall–Kier alpha value is -0.890. The van der Waals surface area contributed by atoms with Crippen LogP contribution in [0.5, 0.6) is 0 Å². The van der Waals surface area contributed by atoms with E-state index in [4.69, 9.17) is 5.14 Å². The van der Waals surface area contributed by atoms with Gasteiger partial charge >= 0.3 is 0 Å². The summed E-state index contributed by atoms with van der Waals surface area (Å²) in [6.45, 7) is 2.39. The largest absolute Gasteiger partial charge is 0.380 e. The van der Waals surface area contributed by atoms with E-state index in [1.54, 1.807) is 24.3 Å². The Bertz CT molecular complexity index is 696. The molecular formula is C12H13BrN2O2S2. The first-order valence-electron chi connectivity index (χ1n) is 5.48. The molecule has 0 radical (unpaired) electrons. The predicted molar refractivity (Wildman–Crippen MR) is 81.9 cm³/mol. The molecule has 3 N–H and O–H groups in total. The van der Waals surface area contributed by atoms with E-state index in [1.807, 2.05) is 18.2 Å². The maximum atomic E-state index is 11.4. The molecule has 1 aromatic carbocycles. The van der Waals surface area contributed by atoms with Crippen LogP contribution in [-0.4, -0.2) is 8.42 Å². The monoisotopic (exact) mass is 360 g/mol. The smallest absolute Gasteiger partial charge is 0.238 e. The van der Waals surface area contributed by atoms with Crippen LogP contribution in [0.2, 0.25) is 0 Å². The summed E-state index contributed by atoms with van der Waals surface area (Å²) in [5.41, 5.74) is 1.41. The lowest BCUT2D eigenvalue weighted by molar-refractivity contribution is 0.597. The molecule has 0 fully saturated rings. The molecule has 7 heteroatoms.